The van der Waals surface area contributed by atoms with Crippen LogP contribution >= 0.6 is 0 Å². The lowest BCUT2D eigenvalue weighted by molar-refractivity contribution is -0.130. The molecule has 1 aliphatic rings. The number of rotatable bonds is 4. The maximum atomic E-state index is 12.4. The molecule has 1 saturated heterocycles. The molecule has 0 radical (unpaired) electrons. The molecule has 0 bridgehead atoms. The summed E-state index contributed by atoms with van der Waals surface area (Å²) < 4.78 is 0. The van der Waals surface area contributed by atoms with E-state index in [0.717, 1.165) is 25.2 Å². The minimum Gasteiger partial charge on any atom is -0.340 e. The number of carbonyl (C=O) groups excluding carboxylic acids is 2. The predicted octanol–water partition coefficient (Wildman–Crippen LogP) is 1.20. The van der Waals surface area contributed by atoms with E-state index < -0.39 is 0 Å². The van der Waals surface area contributed by atoms with Crippen LogP contribution in [-0.2, 0) is 9.59 Å². The second-order valence-electron chi connectivity index (χ2n) is 5.69. The van der Waals surface area contributed by atoms with Crippen molar-refractivity contribution in [2.75, 3.05) is 38.6 Å². The zero-order valence-electron chi connectivity index (χ0n) is 13.0. The third-order valence-electron chi connectivity index (χ3n) is 3.99. The molecular weight excluding hydrogens is 266 g/mol. The first-order valence-electron chi connectivity index (χ1n) is 7.26. The molecule has 5 heteroatoms. The standard InChI is InChI=1S/C16H23N3O2/c1-13(20)19(14-7-5-4-6-8-14)12-16(21)18-10-9-15(11-18)17(2)3/h4-8,15H,9-12H2,1-3H3. The summed E-state index contributed by atoms with van der Waals surface area (Å²) in [5.74, 6) is -0.101. The summed E-state index contributed by atoms with van der Waals surface area (Å²) >= 11 is 0. The van der Waals surface area contributed by atoms with Crippen molar-refractivity contribution in [2.24, 2.45) is 0 Å². The van der Waals surface area contributed by atoms with E-state index in [1.807, 2.05) is 49.3 Å². The zero-order chi connectivity index (χ0) is 15.4. The van der Waals surface area contributed by atoms with Crippen LogP contribution in [0.3, 0.4) is 0 Å². The third kappa shape index (κ3) is 3.82. The van der Waals surface area contributed by atoms with E-state index in [2.05, 4.69) is 4.90 Å². The van der Waals surface area contributed by atoms with Crippen LogP contribution in [0.25, 0.3) is 0 Å². The van der Waals surface area contributed by atoms with Crippen LogP contribution in [0, 0.1) is 0 Å². The second kappa shape index (κ2) is 6.72. The molecule has 21 heavy (non-hydrogen) atoms. The first-order chi connectivity index (χ1) is 9.99. The van der Waals surface area contributed by atoms with Crippen molar-refractivity contribution in [3.63, 3.8) is 0 Å². The van der Waals surface area contributed by atoms with Gasteiger partial charge in [0.15, 0.2) is 0 Å². The van der Waals surface area contributed by atoms with Gasteiger partial charge in [-0.25, -0.2) is 0 Å². The Morgan fingerprint density at radius 1 is 1.24 bits per heavy atom. The van der Waals surface area contributed by atoms with E-state index >= 15 is 0 Å². The molecule has 2 amide bonds. The van der Waals surface area contributed by atoms with Crippen LogP contribution in [0.15, 0.2) is 30.3 Å². The number of benzene rings is 1. The lowest BCUT2D eigenvalue weighted by atomic mass is 10.2. The molecule has 0 N–H and O–H groups in total. The van der Waals surface area contributed by atoms with Crippen LogP contribution in [0.4, 0.5) is 5.69 Å². The molecular formula is C16H23N3O2. The number of hydrogen-bond acceptors (Lipinski definition) is 3. The Hall–Kier alpha value is -1.88. The van der Waals surface area contributed by atoms with Crippen LogP contribution in [0.5, 0.6) is 0 Å². The molecule has 1 unspecified atom stereocenters. The van der Waals surface area contributed by atoms with Crippen molar-refractivity contribution in [1.29, 1.82) is 0 Å². The molecule has 2 rings (SSSR count). The Kier molecular flexibility index (Phi) is 4.96. The number of para-hydroxylation sites is 1. The first-order valence-corrected chi connectivity index (χ1v) is 7.26. The van der Waals surface area contributed by atoms with Gasteiger partial charge >= 0.3 is 0 Å². The third-order valence-corrected chi connectivity index (χ3v) is 3.99. The summed E-state index contributed by atoms with van der Waals surface area (Å²) in [6, 6.07) is 9.74. The summed E-state index contributed by atoms with van der Waals surface area (Å²) in [7, 11) is 4.06. The van der Waals surface area contributed by atoms with E-state index in [9.17, 15) is 9.59 Å². The highest BCUT2D eigenvalue weighted by atomic mass is 16.2. The molecule has 0 aliphatic carbocycles. The molecule has 1 fully saturated rings. The molecule has 0 aromatic heterocycles. The maximum Gasteiger partial charge on any atom is 0.242 e. The zero-order valence-corrected chi connectivity index (χ0v) is 13.0. The molecule has 0 spiro atoms. The number of carbonyl (C=O) groups is 2. The Balaban J connectivity index is 2.02. The first kappa shape index (κ1) is 15.5. The van der Waals surface area contributed by atoms with Gasteiger partial charge in [-0.2, -0.15) is 0 Å². The van der Waals surface area contributed by atoms with Gasteiger partial charge in [0, 0.05) is 31.7 Å². The van der Waals surface area contributed by atoms with Gasteiger partial charge in [-0.05, 0) is 32.6 Å². The normalized spacial score (nSPS) is 18.1. The van der Waals surface area contributed by atoms with Gasteiger partial charge in [-0.3, -0.25) is 9.59 Å². The lowest BCUT2D eigenvalue weighted by Gasteiger charge is -2.25. The highest BCUT2D eigenvalue weighted by Gasteiger charge is 2.28. The van der Waals surface area contributed by atoms with Crippen LogP contribution in [-0.4, -0.2) is 61.4 Å². The summed E-state index contributed by atoms with van der Waals surface area (Å²) in [5, 5.41) is 0. The molecule has 1 aromatic carbocycles. The van der Waals surface area contributed by atoms with Crippen molar-refractivity contribution < 1.29 is 9.59 Å². The minimum atomic E-state index is -0.113. The fraction of sp³-hybridized carbons (Fsp3) is 0.500. The Morgan fingerprint density at radius 3 is 2.43 bits per heavy atom. The fourth-order valence-electron chi connectivity index (χ4n) is 2.62. The number of amides is 2. The lowest BCUT2D eigenvalue weighted by Crippen LogP contribution is -2.42. The highest BCUT2D eigenvalue weighted by molar-refractivity contribution is 5.97. The van der Waals surface area contributed by atoms with Crippen LogP contribution in [0.2, 0.25) is 0 Å². The van der Waals surface area contributed by atoms with Crippen LogP contribution in [0.1, 0.15) is 13.3 Å². The monoisotopic (exact) mass is 289 g/mol. The Labute approximate surface area is 126 Å². The van der Waals surface area contributed by atoms with Crippen molar-refractivity contribution in [3.8, 4) is 0 Å². The minimum absolute atomic E-state index is 0.0124. The second-order valence-corrected chi connectivity index (χ2v) is 5.69. The van der Waals surface area contributed by atoms with Gasteiger partial charge in [0.1, 0.15) is 6.54 Å². The highest BCUT2D eigenvalue weighted by Crippen LogP contribution is 2.17. The van der Waals surface area contributed by atoms with Gasteiger partial charge in [0.25, 0.3) is 0 Å². The van der Waals surface area contributed by atoms with Gasteiger partial charge in [0.05, 0.1) is 0 Å². The molecule has 1 atom stereocenters. The summed E-state index contributed by atoms with van der Waals surface area (Å²) in [4.78, 5) is 29.8. The predicted molar refractivity (Wildman–Crippen MR) is 83.1 cm³/mol. The van der Waals surface area contributed by atoms with Gasteiger partial charge < -0.3 is 14.7 Å². The van der Waals surface area contributed by atoms with E-state index in [1.165, 1.54) is 11.8 Å². The van der Waals surface area contributed by atoms with Crippen LogP contribution < -0.4 is 4.90 Å². The average molecular weight is 289 g/mol. The smallest absolute Gasteiger partial charge is 0.242 e. The largest absolute Gasteiger partial charge is 0.340 e. The summed E-state index contributed by atoms with van der Waals surface area (Å²) in [6.07, 6.45) is 0.990. The Morgan fingerprint density at radius 2 is 1.90 bits per heavy atom. The van der Waals surface area contributed by atoms with Crippen molar-refractivity contribution in [2.45, 2.75) is 19.4 Å². The molecule has 114 valence electrons. The van der Waals surface area contributed by atoms with Gasteiger partial charge in [-0.1, -0.05) is 18.2 Å². The van der Waals surface area contributed by atoms with E-state index in [1.54, 1.807) is 0 Å². The van der Waals surface area contributed by atoms with E-state index in [4.69, 9.17) is 0 Å². The van der Waals surface area contributed by atoms with Gasteiger partial charge in [0.2, 0.25) is 11.8 Å². The number of nitrogens with zero attached hydrogens (tertiary/aromatic N) is 3. The SMILES string of the molecule is CC(=O)N(CC(=O)N1CCC(N(C)C)C1)c1ccccc1. The summed E-state index contributed by atoms with van der Waals surface area (Å²) in [5.41, 5.74) is 0.765. The van der Waals surface area contributed by atoms with E-state index in [0.29, 0.717) is 6.04 Å². The van der Waals surface area contributed by atoms with Crippen molar-refractivity contribution in [3.05, 3.63) is 30.3 Å². The molecule has 1 heterocycles. The fourth-order valence-corrected chi connectivity index (χ4v) is 2.62. The summed E-state index contributed by atoms with van der Waals surface area (Å²) in [6.45, 7) is 3.11. The number of likely N-dealkylation sites (N-methyl/N-ethyl adjacent to an activating group) is 1. The van der Waals surface area contributed by atoms with Gasteiger partial charge in [-0.15, -0.1) is 0 Å². The van der Waals surface area contributed by atoms with Crippen molar-refractivity contribution >= 4 is 17.5 Å². The number of hydrogen-bond donors (Lipinski definition) is 0. The molecule has 1 aliphatic heterocycles. The Bertz CT molecular complexity index is 502. The number of likely N-dealkylation sites (tertiary alicyclic amines) is 1. The number of anilines is 1. The molecule has 5 nitrogen and oxygen atoms in total. The molecule has 1 aromatic rings. The van der Waals surface area contributed by atoms with Crippen molar-refractivity contribution in [1.82, 2.24) is 9.80 Å². The topological polar surface area (TPSA) is 43.9 Å². The average Bonchev–Trinajstić information content (AvgIpc) is 2.95. The maximum absolute atomic E-state index is 12.4. The molecule has 0 saturated carbocycles. The quantitative estimate of drug-likeness (QED) is 0.836. The van der Waals surface area contributed by atoms with E-state index in [-0.39, 0.29) is 18.4 Å².